The van der Waals surface area contributed by atoms with Crippen molar-refractivity contribution in [1.29, 1.82) is 0 Å². The van der Waals surface area contributed by atoms with Gasteiger partial charge >= 0.3 is 0 Å². The van der Waals surface area contributed by atoms with Crippen molar-refractivity contribution in [3.8, 4) is 0 Å². The summed E-state index contributed by atoms with van der Waals surface area (Å²) < 4.78 is 0. The molecule has 0 saturated carbocycles. The van der Waals surface area contributed by atoms with E-state index in [1.807, 2.05) is 6.92 Å². The van der Waals surface area contributed by atoms with E-state index in [1.165, 1.54) is 6.33 Å². The standard InChI is InChI=1S/C12H18N4O/c1-2-16-12(17)11(9-3-4-13-5-9)10-6-14-8-15-7-10/h6-9,11,13H,2-5H2,1H3,(H,16,17). The van der Waals surface area contributed by atoms with Crippen molar-refractivity contribution < 1.29 is 4.79 Å². The maximum Gasteiger partial charge on any atom is 0.227 e. The number of nitrogens with one attached hydrogen (secondary N) is 2. The van der Waals surface area contributed by atoms with Gasteiger partial charge in [-0.1, -0.05) is 0 Å². The summed E-state index contributed by atoms with van der Waals surface area (Å²) in [6, 6.07) is 0. The van der Waals surface area contributed by atoms with Crippen molar-refractivity contribution in [2.45, 2.75) is 19.3 Å². The highest BCUT2D eigenvalue weighted by atomic mass is 16.1. The summed E-state index contributed by atoms with van der Waals surface area (Å²) in [6.45, 7) is 4.46. The molecule has 0 aliphatic carbocycles. The summed E-state index contributed by atoms with van der Waals surface area (Å²) in [5.41, 5.74) is 0.909. The van der Waals surface area contributed by atoms with E-state index in [4.69, 9.17) is 0 Å². The van der Waals surface area contributed by atoms with E-state index < -0.39 is 0 Å². The Hall–Kier alpha value is -1.49. The van der Waals surface area contributed by atoms with Crippen LogP contribution in [-0.2, 0) is 4.79 Å². The van der Waals surface area contributed by atoms with E-state index >= 15 is 0 Å². The SMILES string of the molecule is CCNC(=O)C(c1cncnc1)C1CCNC1. The van der Waals surface area contributed by atoms with Crippen LogP contribution >= 0.6 is 0 Å². The van der Waals surface area contributed by atoms with Gasteiger partial charge in [0.05, 0.1) is 5.92 Å². The van der Waals surface area contributed by atoms with Gasteiger partial charge in [-0.25, -0.2) is 9.97 Å². The van der Waals surface area contributed by atoms with Gasteiger partial charge < -0.3 is 10.6 Å². The maximum absolute atomic E-state index is 12.1. The molecule has 1 aliphatic rings. The lowest BCUT2D eigenvalue weighted by Crippen LogP contribution is -2.34. The molecule has 5 nitrogen and oxygen atoms in total. The van der Waals surface area contributed by atoms with Crippen LogP contribution in [0.2, 0.25) is 0 Å². The van der Waals surface area contributed by atoms with Crippen molar-refractivity contribution in [3.05, 3.63) is 24.3 Å². The Balaban J connectivity index is 2.20. The van der Waals surface area contributed by atoms with Gasteiger partial charge in [-0.05, 0) is 32.4 Å². The first-order valence-electron chi connectivity index (χ1n) is 6.06. The van der Waals surface area contributed by atoms with E-state index in [9.17, 15) is 4.79 Å². The first-order valence-corrected chi connectivity index (χ1v) is 6.06. The summed E-state index contributed by atoms with van der Waals surface area (Å²) >= 11 is 0. The maximum atomic E-state index is 12.1. The molecule has 2 atom stereocenters. The molecular formula is C12H18N4O. The van der Waals surface area contributed by atoms with Gasteiger partial charge in [-0.3, -0.25) is 4.79 Å². The smallest absolute Gasteiger partial charge is 0.227 e. The van der Waals surface area contributed by atoms with Crippen molar-refractivity contribution in [3.63, 3.8) is 0 Å². The second-order valence-corrected chi connectivity index (χ2v) is 4.30. The monoisotopic (exact) mass is 234 g/mol. The minimum atomic E-state index is -0.133. The van der Waals surface area contributed by atoms with Gasteiger partial charge in [-0.2, -0.15) is 0 Å². The molecule has 2 rings (SSSR count). The van der Waals surface area contributed by atoms with Crippen molar-refractivity contribution in [2.75, 3.05) is 19.6 Å². The van der Waals surface area contributed by atoms with Crippen LogP contribution < -0.4 is 10.6 Å². The van der Waals surface area contributed by atoms with Crippen LogP contribution in [0.1, 0.15) is 24.8 Å². The normalized spacial score (nSPS) is 21.1. The molecule has 5 heteroatoms. The molecule has 17 heavy (non-hydrogen) atoms. The van der Waals surface area contributed by atoms with Crippen LogP contribution in [0.3, 0.4) is 0 Å². The number of rotatable bonds is 4. The topological polar surface area (TPSA) is 66.9 Å². The molecule has 0 aromatic carbocycles. The zero-order valence-electron chi connectivity index (χ0n) is 10.0. The third kappa shape index (κ3) is 2.79. The first-order chi connectivity index (χ1) is 8.33. The number of carbonyl (C=O) groups excluding carboxylic acids is 1. The van der Waals surface area contributed by atoms with E-state index in [-0.39, 0.29) is 11.8 Å². The van der Waals surface area contributed by atoms with Crippen LogP contribution in [0.25, 0.3) is 0 Å². The molecule has 1 aromatic rings. The lowest BCUT2D eigenvalue weighted by atomic mass is 9.86. The minimum Gasteiger partial charge on any atom is -0.356 e. The molecule has 1 fully saturated rings. The van der Waals surface area contributed by atoms with E-state index in [2.05, 4.69) is 20.6 Å². The van der Waals surface area contributed by atoms with E-state index in [0.717, 1.165) is 25.1 Å². The molecule has 2 N–H and O–H groups in total. The minimum absolute atomic E-state index is 0.0796. The number of hydrogen-bond donors (Lipinski definition) is 2. The number of nitrogens with zero attached hydrogens (tertiary/aromatic N) is 2. The third-order valence-corrected chi connectivity index (χ3v) is 3.14. The lowest BCUT2D eigenvalue weighted by molar-refractivity contribution is -0.123. The number of aromatic nitrogens is 2. The highest BCUT2D eigenvalue weighted by Crippen LogP contribution is 2.28. The largest absolute Gasteiger partial charge is 0.356 e. The van der Waals surface area contributed by atoms with Crippen molar-refractivity contribution >= 4 is 5.91 Å². The molecule has 1 saturated heterocycles. The predicted octanol–water partition coefficient (Wildman–Crippen LogP) is 0.306. The van der Waals surface area contributed by atoms with E-state index in [0.29, 0.717) is 12.5 Å². The average molecular weight is 234 g/mol. The average Bonchev–Trinajstić information content (AvgIpc) is 2.85. The Morgan fingerprint density at radius 1 is 1.59 bits per heavy atom. The first kappa shape index (κ1) is 12.0. The second-order valence-electron chi connectivity index (χ2n) is 4.30. The molecule has 2 unspecified atom stereocenters. The fourth-order valence-electron chi connectivity index (χ4n) is 2.35. The van der Waals surface area contributed by atoms with Gasteiger partial charge in [0.15, 0.2) is 0 Å². The summed E-state index contributed by atoms with van der Waals surface area (Å²) in [4.78, 5) is 20.2. The van der Waals surface area contributed by atoms with Gasteiger partial charge in [0.2, 0.25) is 5.91 Å². The Morgan fingerprint density at radius 3 is 2.94 bits per heavy atom. The number of hydrogen-bond acceptors (Lipinski definition) is 4. The Morgan fingerprint density at radius 2 is 2.35 bits per heavy atom. The second kappa shape index (κ2) is 5.72. The highest BCUT2D eigenvalue weighted by Gasteiger charge is 2.31. The van der Waals surface area contributed by atoms with Crippen LogP contribution in [0.5, 0.6) is 0 Å². The Bertz CT molecular complexity index is 362. The highest BCUT2D eigenvalue weighted by molar-refractivity contribution is 5.83. The number of likely N-dealkylation sites (N-methyl/N-ethyl adjacent to an activating group) is 1. The van der Waals surface area contributed by atoms with Crippen LogP contribution in [0, 0.1) is 5.92 Å². The van der Waals surface area contributed by atoms with Gasteiger partial charge in [-0.15, -0.1) is 0 Å². The fraction of sp³-hybridized carbons (Fsp3) is 0.583. The molecule has 1 aromatic heterocycles. The quantitative estimate of drug-likeness (QED) is 0.786. The van der Waals surface area contributed by atoms with Crippen LogP contribution in [0.4, 0.5) is 0 Å². The molecule has 0 radical (unpaired) electrons. The summed E-state index contributed by atoms with van der Waals surface area (Å²) in [5.74, 6) is 0.287. The molecule has 0 bridgehead atoms. The summed E-state index contributed by atoms with van der Waals surface area (Å²) in [6.07, 6.45) is 6.00. The number of amides is 1. The molecule has 0 spiro atoms. The zero-order chi connectivity index (χ0) is 12.1. The van der Waals surface area contributed by atoms with E-state index in [1.54, 1.807) is 12.4 Å². The van der Waals surface area contributed by atoms with Gasteiger partial charge in [0.1, 0.15) is 6.33 Å². The summed E-state index contributed by atoms with van der Waals surface area (Å²) in [7, 11) is 0. The third-order valence-electron chi connectivity index (χ3n) is 3.14. The van der Waals surface area contributed by atoms with Crippen LogP contribution in [-0.4, -0.2) is 35.5 Å². The Kier molecular flexibility index (Phi) is 4.03. The molecule has 92 valence electrons. The van der Waals surface area contributed by atoms with Gasteiger partial charge in [0, 0.05) is 24.5 Å². The zero-order valence-corrected chi connectivity index (χ0v) is 10.0. The molecule has 1 aliphatic heterocycles. The Labute approximate surface area is 101 Å². The molecule has 2 heterocycles. The summed E-state index contributed by atoms with van der Waals surface area (Å²) in [5, 5.41) is 6.20. The fourth-order valence-corrected chi connectivity index (χ4v) is 2.35. The predicted molar refractivity (Wildman–Crippen MR) is 64.4 cm³/mol. The van der Waals surface area contributed by atoms with Gasteiger partial charge in [0.25, 0.3) is 0 Å². The van der Waals surface area contributed by atoms with Crippen molar-refractivity contribution in [2.24, 2.45) is 5.92 Å². The van der Waals surface area contributed by atoms with Crippen LogP contribution in [0.15, 0.2) is 18.7 Å². The molecular weight excluding hydrogens is 216 g/mol. The number of carbonyl (C=O) groups is 1. The molecule has 1 amide bonds. The van der Waals surface area contributed by atoms with Crippen molar-refractivity contribution in [1.82, 2.24) is 20.6 Å². The lowest BCUT2D eigenvalue weighted by Gasteiger charge is -2.21.